The van der Waals surface area contributed by atoms with Crippen LogP contribution in [0.2, 0.25) is 15.9 Å². The number of ketones is 1. The van der Waals surface area contributed by atoms with Gasteiger partial charge in [0.2, 0.25) is 0 Å². The molecule has 1 N–H and O–H groups in total. The Morgan fingerprint density at radius 2 is 1.79 bits per heavy atom. The third-order valence-electron chi connectivity index (χ3n) is 7.26. The summed E-state index contributed by atoms with van der Waals surface area (Å²) in [4.78, 5) is 51.2. The molecule has 3 fully saturated rings. The molecule has 34 heavy (non-hydrogen) atoms. The van der Waals surface area contributed by atoms with Crippen molar-refractivity contribution in [2.24, 2.45) is 5.92 Å². The molecule has 3 aliphatic rings. The van der Waals surface area contributed by atoms with E-state index in [4.69, 9.17) is 32.5 Å². The molecule has 3 aliphatic heterocycles. The van der Waals surface area contributed by atoms with Crippen molar-refractivity contribution in [3.05, 3.63) is 33.8 Å². The summed E-state index contributed by atoms with van der Waals surface area (Å²) in [5.41, 5.74) is 0.174. The highest BCUT2D eigenvalue weighted by Gasteiger charge is 2.76. The molecular weight excluding hydrogens is 502 g/mol. The van der Waals surface area contributed by atoms with E-state index in [1.807, 2.05) is 20.9 Å². The van der Waals surface area contributed by atoms with Crippen LogP contribution in [0.1, 0.15) is 37.0 Å². The summed E-state index contributed by atoms with van der Waals surface area (Å²) in [7, 11) is 1.85. The monoisotopic (exact) mass is 528 g/mol. The second kappa shape index (κ2) is 9.37. The first-order valence-corrected chi connectivity index (χ1v) is 13.2. The van der Waals surface area contributed by atoms with Crippen LogP contribution in [0.3, 0.4) is 0 Å². The highest BCUT2D eigenvalue weighted by atomic mass is 35.5. The third kappa shape index (κ3) is 4.12. The predicted octanol–water partition coefficient (Wildman–Crippen LogP) is 3.08. The summed E-state index contributed by atoms with van der Waals surface area (Å²) in [6, 6.07) is 3.52. The van der Waals surface area contributed by atoms with Crippen molar-refractivity contribution in [3.8, 4) is 0 Å². The van der Waals surface area contributed by atoms with Crippen molar-refractivity contribution in [1.82, 2.24) is 5.32 Å². The lowest BCUT2D eigenvalue weighted by molar-refractivity contribution is -0.840. The molecule has 0 aliphatic carbocycles. The third-order valence-corrected chi connectivity index (χ3v) is 8.93. The van der Waals surface area contributed by atoms with Gasteiger partial charge in [-0.15, -0.1) is 11.8 Å². The maximum atomic E-state index is 13.0. The van der Waals surface area contributed by atoms with Gasteiger partial charge in [0, 0.05) is 12.1 Å². The summed E-state index contributed by atoms with van der Waals surface area (Å²) in [6.07, 6.45) is 0.531. The van der Waals surface area contributed by atoms with Gasteiger partial charge in [-0.25, -0.2) is 9.59 Å². The smallest absolute Gasteiger partial charge is 0.587 e. The molecule has 2 unspecified atom stereocenters. The number of nitrogens with one attached hydrogen (secondary N) is 1. The first-order valence-electron chi connectivity index (χ1n) is 11.3. The van der Waals surface area contributed by atoms with E-state index >= 15 is 0 Å². The number of nitrogens with zero attached hydrogens (tertiary/aromatic N) is 1. The van der Waals surface area contributed by atoms with Crippen molar-refractivity contribution >= 4 is 65.3 Å². The fourth-order valence-electron chi connectivity index (χ4n) is 5.63. The van der Waals surface area contributed by atoms with E-state index in [9.17, 15) is 19.2 Å². The van der Waals surface area contributed by atoms with E-state index in [0.717, 1.165) is 0 Å². The number of benzene rings is 1. The van der Waals surface area contributed by atoms with E-state index in [-0.39, 0.29) is 51.6 Å². The molecule has 8 nitrogen and oxygen atoms in total. The van der Waals surface area contributed by atoms with E-state index in [0.29, 0.717) is 22.9 Å². The number of amides is 1. The maximum Gasteiger partial charge on any atom is 0.587 e. The number of thioether (sulfide) groups is 1. The molecule has 3 heterocycles. The first kappa shape index (κ1) is 25.4. The van der Waals surface area contributed by atoms with Crippen LogP contribution in [-0.2, 0) is 23.7 Å². The van der Waals surface area contributed by atoms with Gasteiger partial charge in [-0.2, -0.15) is 0 Å². The Kier molecular flexibility index (Phi) is 6.99. The number of likely N-dealkylation sites (N-methyl/N-ethyl adjacent to an activating group) is 1. The van der Waals surface area contributed by atoms with Crippen molar-refractivity contribution in [2.45, 2.75) is 44.6 Å². The Morgan fingerprint density at radius 1 is 1.18 bits per heavy atom. The van der Waals surface area contributed by atoms with E-state index in [1.165, 1.54) is 12.1 Å². The molecule has 0 radical (unpaired) electrons. The summed E-state index contributed by atoms with van der Waals surface area (Å²) in [5.74, 6) is -0.766. The van der Waals surface area contributed by atoms with Gasteiger partial charge in [0.05, 0.1) is 28.6 Å². The standard InChI is InChI=1S/C22H27BCl2N2O6S/c1-12(2)6-13(7-15(28)9-26-20(29)16-8-14(24)4-5-17(16)25)23-27(3)18(21(30)32-23)10-34-11-19(27)22(31)33-23/h4-5,8,12-13,18-19H,6-7,9-11H2,1-3H3,(H,26,29)/t13-,18-,19+,23?,27?/m1/s1. The van der Waals surface area contributed by atoms with E-state index in [2.05, 4.69) is 5.32 Å². The highest BCUT2D eigenvalue weighted by Crippen LogP contribution is 2.53. The van der Waals surface area contributed by atoms with Crippen molar-refractivity contribution in [1.29, 1.82) is 0 Å². The van der Waals surface area contributed by atoms with Gasteiger partial charge >= 0.3 is 18.6 Å². The molecule has 5 atom stereocenters. The lowest BCUT2D eigenvalue weighted by atomic mass is 9.51. The SMILES string of the molecule is CC(C)C[C@H](CC(=O)CNC(=O)c1cc(Cl)ccc1Cl)[B-]12OC(=O)[C@H]3CSC[C@@H](C(=O)O1)[N+]32C. The van der Waals surface area contributed by atoms with Crippen LogP contribution < -0.4 is 5.32 Å². The Morgan fingerprint density at radius 3 is 2.38 bits per heavy atom. The molecule has 0 saturated carbocycles. The number of quaternary nitrogens is 1. The summed E-state index contributed by atoms with van der Waals surface area (Å²) in [5, 5.41) is 3.17. The van der Waals surface area contributed by atoms with Crippen LogP contribution in [0, 0.1) is 5.92 Å². The number of halogens is 2. The quantitative estimate of drug-likeness (QED) is 0.517. The van der Waals surface area contributed by atoms with E-state index < -0.39 is 30.5 Å². The van der Waals surface area contributed by atoms with Crippen LogP contribution in [0.4, 0.5) is 0 Å². The minimum atomic E-state index is -2.41. The minimum Gasteiger partial charge on any atom is -0.600 e. The number of carbonyl (C=O) groups excluding carboxylic acids is 4. The van der Waals surface area contributed by atoms with Gasteiger partial charge in [-0.1, -0.05) is 43.5 Å². The Balaban J connectivity index is 1.54. The lowest BCUT2D eigenvalue weighted by Gasteiger charge is -2.51. The molecule has 1 amide bonds. The zero-order valence-corrected chi connectivity index (χ0v) is 21.5. The van der Waals surface area contributed by atoms with Gasteiger partial charge in [0.25, 0.3) is 5.91 Å². The number of hydrogen-bond donors (Lipinski definition) is 1. The maximum absolute atomic E-state index is 13.0. The normalized spacial score (nSPS) is 30.5. The lowest BCUT2D eigenvalue weighted by Crippen LogP contribution is -2.71. The highest BCUT2D eigenvalue weighted by molar-refractivity contribution is 7.99. The first-order chi connectivity index (χ1) is 16.0. The number of carbonyl (C=O) groups is 4. The zero-order valence-electron chi connectivity index (χ0n) is 19.2. The number of hydrogen-bond acceptors (Lipinski definition) is 7. The fourth-order valence-corrected chi connectivity index (χ4v) is 7.50. The molecule has 0 aromatic heterocycles. The Labute approximate surface area is 212 Å². The molecule has 0 bridgehead atoms. The predicted molar refractivity (Wildman–Crippen MR) is 131 cm³/mol. The van der Waals surface area contributed by atoms with E-state index in [1.54, 1.807) is 17.8 Å². The number of Topliss-reactive ketones (excluding diaryl/α,β-unsaturated/α-hetero) is 1. The topological polar surface area (TPSA) is 98.8 Å². The van der Waals surface area contributed by atoms with Crippen molar-refractivity contribution < 1.29 is 32.9 Å². The number of rotatable bonds is 8. The summed E-state index contributed by atoms with van der Waals surface area (Å²) in [6.45, 7) is 1.35. The second-order valence-corrected chi connectivity index (χ2v) is 11.8. The van der Waals surface area contributed by atoms with Crippen LogP contribution in [-0.4, -0.2) is 71.9 Å². The average Bonchev–Trinajstić information content (AvgIpc) is 3.13. The Hall–Kier alpha value is -1.75. The largest absolute Gasteiger partial charge is 0.600 e. The van der Waals surface area contributed by atoms with Crippen LogP contribution >= 0.6 is 35.0 Å². The van der Waals surface area contributed by atoms with Gasteiger partial charge in [0.1, 0.15) is 5.78 Å². The molecule has 3 saturated heterocycles. The van der Waals surface area contributed by atoms with Crippen molar-refractivity contribution in [2.75, 3.05) is 25.1 Å². The van der Waals surface area contributed by atoms with Crippen LogP contribution in [0.5, 0.6) is 0 Å². The molecule has 12 heteroatoms. The fraction of sp³-hybridized carbons (Fsp3) is 0.545. The molecule has 184 valence electrons. The Bertz CT molecular complexity index is 1030. The van der Waals surface area contributed by atoms with Crippen LogP contribution in [0.25, 0.3) is 0 Å². The summed E-state index contributed by atoms with van der Waals surface area (Å²) < 4.78 is 11.9. The van der Waals surface area contributed by atoms with Crippen LogP contribution in [0.15, 0.2) is 18.2 Å². The second-order valence-electron chi connectivity index (χ2n) is 9.83. The van der Waals surface area contributed by atoms with Crippen molar-refractivity contribution in [3.63, 3.8) is 0 Å². The average molecular weight is 529 g/mol. The van der Waals surface area contributed by atoms with Gasteiger partial charge in [-0.3, -0.25) is 9.59 Å². The summed E-state index contributed by atoms with van der Waals surface area (Å²) >= 11 is 13.6. The molecule has 4 rings (SSSR count). The molecular formula is C22H27BCl2N2O6S. The molecule has 1 aromatic rings. The molecule has 0 spiro atoms. The molecule has 1 aromatic carbocycles. The zero-order chi connectivity index (χ0) is 24.8. The van der Waals surface area contributed by atoms with Gasteiger partial charge < -0.3 is 19.0 Å². The van der Waals surface area contributed by atoms with Gasteiger partial charge in [0.15, 0.2) is 12.1 Å². The minimum absolute atomic E-state index is 0.00270. The van der Waals surface area contributed by atoms with Gasteiger partial charge in [-0.05, 0) is 36.4 Å².